The maximum atomic E-state index is 12.9. The highest BCUT2D eigenvalue weighted by Crippen LogP contribution is 2.23. The Bertz CT molecular complexity index is 935. The number of carbonyl (C=O) groups excluding carboxylic acids is 1. The zero-order chi connectivity index (χ0) is 22.1. The van der Waals surface area contributed by atoms with Crippen molar-refractivity contribution in [2.75, 3.05) is 0 Å². The highest BCUT2D eigenvalue weighted by molar-refractivity contribution is 5.93. The Morgan fingerprint density at radius 1 is 0.903 bits per heavy atom. The molecule has 3 aromatic rings. The molecule has 1 aromatic heterocycles. The molecule has 4 nitrogen and oxygen atoms in total. The van der Waals surface area contributed by atoms with Crippen molar-refractivity contribution in [1.82, 2.24) is 14.9 Å². The minimum Gasteiger partial charge on any atom is -0.348 e. The topological polar surface area (TPSA) is 46.9 Å². The molecule has 1 heterocycles. The van der Waals surface area contributed by atoms with E-state index in [1.165, 1.54) is 29.5 Å². The van der Waals surface area contributed by atoms with Gasteiger partial charge in [0.1, 0.15) is 5.69 Å². The van der Waals surface area contributed by atoms with Crippen LogP contribution in [-0.4, -0.2) is 21.5 Å². The van der Waals surface area contributed by atoms with Crippen LogP contribution in [0, 0.1) is 0 Å². The zero-order valence-electron chi connectivity index (χ0n) is 19.1. The molecule has 4 heteroatoms. The molecular formula is C27H35N3O. The van der Waals surface area contributed by atoms with Gasteiger partial charge in [-0.2, -0.15) is 0 Å². The highest BCUT2D eigenvalue weighted by atomic mass is 16.2. The highest BCUT2D eigenvalue weighted by Gasteiger charge is 2.17. The van der Waals surface area contributed by atoms with E-state index >= 15 is 0 Å². The lowest BCUT2D eigenvalue weighted by molar-refractivity contribution is 0.0925. The Morgan fingerprint density at radius 3 is 2.10 bits per heavy atom. The van der Waals surface area contributed by atoms with E-state index in [-0.39, 0.29) is 11.9 Å². The molecule has 0 saturated heterocycles. The molecule has 0 unspecified atom stereocenters. The molecule has 0 spiro atoms. The van der Waals surface area contributed by atoms with Gasteiger partial charge in [0.25, 0.3) is 5.91 Å². The Morgan fingerprint density at radius 2 is 1.52 bits per heavy atom. The number of imidazole rings is 1. The number of amides is 1. The molecule has 0 bridgehead atoms. The smallest absolute Gasteiger partial charge is 0.270 e. The molecule has 31 heavy (non-hydrogen) atoms. The second-order valence-electron chi connectivity index (χ2n) is 8.24. The first-order chi connectivity index (χ1) is 15.2. The van der Waals surface area contributed by atoms with Crippen LogP contribution in [-0.2, 0) is 6.42 Å². The van der Waals surface area contributed by atoms with Crippen molar-refractivity contribution in [2.45, 2.75) is 71.8 Å². The van der Waals surface area contributed by atoms with E-state index in [9.17, 15) is 4.79 Å². The molecule has 0 aliphatic rings. The number of nitrogens with one attached hydrogen (secondary N) is 1. The van der Waals surface area contributed by atoms with Gasteiger partial charge in [0.05, 0.1) is 12.5 Å². The number of hydrogen-bond donors (Lipinski definition) is 1. The van der Waals surface area contributed by atoms with Crippen molar-refractivity contribution in [2.24, 2.45) is 0 Å². The van der Waals surface area contributed by atoms with Gasteiger partial charge in [-0.1, -0.05) is 76.4 Å². The van der Waals surface area contributed by atoms with E-state index in [1.54, 1.807) is 12.5 Å². The van der Waals surface area contributed by atoms with Crippen LogP contribution in [0.2, 0.25) is 0 Å². The van der Waals surface area contributed by atoms with E-state index in [1.807, 2.05) is 16.7 Å². The Hall–Kier alpha value is -2.88. The van der Waals surface area contributed by atoms with Crippen LogP contribution >= 0.6 is 0 Å². The third-order valence-electron chi connectivity index (χ3n) is 5.73. The van der Waals surface area contributed by atoms with E-state index in [0.29, 0.717) is 5.69 Å². The van der Waals surface area contributed by atoms with Gasteiger partial charge in [0.15, 0.2) is 0 Å². The summed E-state index contributed by atoms with van der Waals surface area (Å²) >= 11 is 0. The first-order valence-electron chi connectivity index (χ1n) is 11.7. The monoisotopic (exact) mass is 417 g/mol. The first kappa shape index (κ1) is 22.8. The van der Waals surface area contributed by atoms with Gasteiger partial charge in [-0.05, 0) is 54.5 Å². The van der Waals surface area contributed by atoms with Crippen LogP contribution in [0.4, 0.5) is 0 Å². The van der Waals surface area contributed by atoms with Crippen LogP contribution in [0.5, 0.6) is 0 Å². The third kappa shape index (κ3) is 6.06. The fourth-order valence-electron chi connectivity index (χ4n) is 3.97. The minimum atomic E-state index is -0.0591. The largest absolute Gasteiger partial charge is 0.348 e. The summed E-state index contributed by atoms with van der Waals surface area (Å²) in [5.41, 5.74) is 5.28. The number of aryl methyl sites for hydroxylation is 1. The zero-order valence-corrected chi connectivity index (χ0v) is 19.1. The van der Waals surface area contributed by atoms with Crippen LogP contribution < -0.4 is 5.32 Å². The second kappa shape index (κ2) is 11.5. The van der Waals surface area contributed by atoms with Crippen molar-refractivity contribution in [3.63, 3.8) is 0 Å². The van der Waals surface area contributed by atoms with Crippen LogP contribution in [0.3, 0.4) is 0 Å². The summed E-state index contributed by atoms with van der Waals surface area (Å²) in [7, 11) is 0. The SMILES string of the molecule is CCCCc1ccc(-c2ccc(-n3cncc3C(=O)NC(CCC)CCC)cc2)cc1. The summed E-state index contributed by atoms with van der Waals surface area (Å²) in [5.74, 6) is -0.0591. The van der Waals surface area contributed by atoms with Crippen molar-refractivity contribution in [3.8, 4) is 16.8 Å². The predicted octanol–water partition coefficient (Wildman–Crippen LogP) is 6.58. The number of nitrogens with zero attached hydrogens (tertiary/aromatic N) is 2. The van der Waals surface area contributed by atoms with E-state index in [2.05, 4.69) is 67.5 Å². The fourth-order valence-corrected chi connectivity index (χ4v) is 3.97. The number of benzene rings is 2. The maximum Gasteiger partial charge on any atom is 0.270 e. The Labute approximate surface area is 186 Å². The van der Waals surface area contributed by atoms with Gasteiger partial charge in [-0.3, -0.25) is 9.36 Å². The molecule has 164 valence electrons. The van der Waals surface area contributed by atoms with Crippen LogP contribution in [0.1, 0.15) is 75.3 Å². The van der Waals surface area contributed by atoms with Crippen molar-refractivity contribution in [3.05, 3.63) is 72.3 Å². The fraction of sp³-hybridized carbons (Fsp3) is 0.407. The molecule has 0 atom stereocenters. The maximum absolute atomic E-state index is 12.9. The van der Waals surface area contributed by atoms with Gasteiger partial charge in [-0.15, -0.1) is 0 Å². The quantitative estimate of drug-likeness (QED) is 0.383. The lowest BCUT2D eigenvalue weighted by atomic mass is 10.0. The molecule has 0 saturated carbocycles. The summed E-state index contributed by atoms with van der Waals surface area (Å²) in [4.78, 5) is 17.1. The average molecular weight is 418 g/mol. The first-order valence-corrected chi connectivity index (χ1v) is 11.7. The van der Waals surface area contributed by atoms with Gasteiger partial charge < -0.3 is 5.32 Å². The molecule has 0 aliphatic heterocycles. The van der Waals surface area contributed by atoms with E-state index in [4.69, 9.17) is 0 Å². The number of aromatic nitrogens is 2. The van der Waals surface area contributed by atoms with Gasteiger partial charge in [-0.25, -0.2) is 4.98 Å². The summed E-state index contributed by atoms with van der Waals surface area (Å²) in [6.07, 6.45) is 11.1. The number of carbonyl (C=O) groups is 1. The van der Waals surface area contributed by atoms with E-state index < -0.39 is 0 Å². The summed E-state index contributed by atoms with van der Waals surface area (Å²) in [5, 5.41) is 3.19. The molecule has 3 rings (SSSR count). The normalized spacial score (nSPS) is 11.1. The average Bonchev–Trinajstić information content (AvgIpc) is 3.29. The van der Waals surface area contributed by atoms with Gasteiger partial charge in [0, 0.05) is 11.7 Å². The standard InChI is InChI=1S/C27H35N3O/c1-4-7-10-21-11-13-22(14-12-21)23-15-17-25(18-16-23)30-20-28-19-26(30)27(31)29-24(8-5-2)9-6-3/h11-20,24H,4-10H2,1-3H3,(H,29,31). The lowest BCUT2D eigenvalue weighted by Gasteiger charge is -2.18. The van der Waals surface area contributed by atoms with Crippen LogP contribution in [0.15, 0.2) is 61.1 Å². The lowest BCUT2D eigenvalue weighted by Crippen LogP contribution is -2.35. The molecule has 0 aliphatic carbocycles. The Balaban J connectivity index is 1.73. The molecule has 1 N–H and O–H groups in total. The van der Waals surface area contributed by atoms with Crippen molar-refractivity contribution < 1.29 is 4.79 Å². The summed E-state index contributed by atoms with van der Waals surface area (Å²) in [6.45, 7) is 6.53. The van der Waals surface area contributed by atoms with Gasteiger partial charge in [0.2, 0.25) is 0 Å². The van der Waals surface area contributed by atoms with Gasteiger partial charge >= 0.3 is 0 Å². The number of rotatable bonds is 11. The predicted molar refractivity (Wildman–Crippen MR) is 129 cm³/mol. The summed E-state index contributed by atoms with van der Waals surface area (Å²) in [6, 6.07) is 17.4. The molecule has 2 aromatic carbocycles. The molecule has 0 radical (unpaired) electrons. The van der Waals surface area contributed by atoms with Crippen LogP contribution in [0.25, 0.3) is 16.8 Å². The number of hydrogen-bond acceptors (Lipinski definition) is 2. The molecular weight excluding hydrogens is 382 g/mol. The number of unbranched alkanes of at least 4 members (excludes halogenated alkanes) is 1. The second-order valence-corrected chi connectivity index (χ2v) is 8.24. The molecule has 1 amide bonds. The minimum absolute atomic E-state index is 0.0591. The third-order valence-corrected chi connectivity index (χ3v) is 5.73. The Kier molecular flexibility index (Phi) is 8.45. The molecule has 0 fully saturated rings. The van der Waals surface area contributed by atoms with E-state index in [0.717, 1.165) is 37.8 Å². The summed E-state index contributed by atoms with van der Waals surface area (Å²) < 4.78 is 1.86. The van der Waals surface area contributed by atoms with Crippen molar-refractivity contribution >= 4 is 5.91 Å². The van der Waals surface area contributed by atoms with Crippen molar-refractivity contribution in [1.29, 1.82) is 0 Å².